The molecule has 2 nitrogen and oxygen atoms in total. The number of fused-ring (bicyclic) bond motifs is 6. The van der Waals surface area contributed by atoms with Crippen LogP contribution >= 0.6 is 11.3 Å². The van der Waals surface area contributed by atoms with Crippen molar-refractivity contribution in [3.8, 4) is 39.1 Å². The van der Waals surface area contributed by atoms with Crippen molar-refractivity contribution in [2.45, 2.75) is 0 Å². The van der Waals surface area contributed by atoms with Crippen LogP contribution in [0.15, 0.2) is 218 Å². The highest BCUT2D eigenvalue weighted by molar-refractivity contribution is 7.25. The highest BCUT2D eigenvalue weighted by atomic mass is 32.1. The molecule has 2 heterocycles. The van der Waals surface area contributed by atoms with E-state index in [0.717, 1.165) is 33.8 Å². The van der Waals surface area contributed by atoms with E-state index in [9.17, 15) is 0 Å². The Morgan fingerprint density at radius 3 is 1.67 bits per heavy atom. The van der Waals surface area contributed by atoms with E-state index < -0.39 is 0 Å². The first kappa shape index (κ1) is 33.2. The lowest BCUT2D eigenvalue weighted by molar-refractivity contribution is 1.18. The van der Waals surface area contributed by atoms with Crippen molar-refractivity contribution < 1.29 is 0 Å². The topological polar surface area (TPSA) is 8.17 Å². The Morgan fingerprint density at radius 1 is 0.333 bits per heavy atom. The van der Waals surface area contributed by atoms with Crippen molar-refractivity contribution in [2.75, 3.05) is 4.90 Å². The number of benzene rings is 9. The van der Waals surface area contributed by atoms with Gasteiger partial charge in [-0.3, -0.25) is 0 Å². The SMILES string of the molecule is c1ccc(-c2cccc(-c3ccccc3N(c3ccccc3-c3ccc4sc5ccccc5c4c3)c3cccc4c3c3ccccc3n4-c3ccccc3)c2)cc1. The van der Waals surface area contributed by atoms with Crippen LogP contribution in [0.25, 0.3) is 81.0 Å². The van der Waals surface area contributed by atoms with Crippen LogP contribution < -0.4 is 4.90 Å². The van der Waals surface area contributed by atoms with Gasteiger partial charge in [-0.25, -0.2) is 0 Å². The first-order valence-corrected chi connectivity index (χ1v) is 20.3. The highest BCUT2D eigenvalue weighted by Crippen LogP contribution is 2.49. The van der Waals surface area contributed by atoms with Gasteiger partial charge in [-0.1, -0.05) is 152 Å². The highest BCUT2D eigenvalue weighted by Gasteiger charge is 2.25. The van der Waals surface area contributed by atoms with Crippen LogP contribution in [0, 0.1) is 0 Å². The van der Waals surface area contributed by atoms with Gasteiger partial charge in [0, 0.05) is 47.8 Å². The summed E-state index contributed by atoms with van der Waals surface area (Å²) in [6, 6.07) is 79.5. The van der Waals surface area contributed by atoms with E-state index in [-0.39, 0.29) is 0 Å². The average molecular weight is 745 g/mol. The molecule has 268 valence electrons. The molecule has 0 unspecified atom stereocenters. The molecule has 0 aliphatic carbocycles. The summed E-state index contributed by atoms with van der Waals surface area (Å²) in [5.41, 5.74) is 13.9. The molecule has 0 atom stereocenters. The summed E-state index contributed by atoms with van der Waals surface area (Å²) in [6.45, 7) is 0. The zero-order valence-electron chi connectivity index (χ0n) is 31.1. The average Bonchev–Trinajstić information content (AvgIpc) is 3.83. The van der Waals surface area contributed by atoms with E-state index in [2.05, 4.69) is 228 Å². The summed E-state index contributed by atoms with van der Waals surface area (Å²) in [6.07, 6.45) is 0. The predicted molar refractivity (Wildman–Crippen MR) is 245 cm³/mol. The standard InChI is InChI=1S/C54H36N2S/c1-3-17-37(18-4-1)38-19-15-20-39(35-38)42-23-7-11-27-47(42)56(48-28-12-8-24-43(48)40-33-34-53-46(36-40)44-25-10-14-32-52(44)57-53)51-31-16-30-50-54(51)45-26-9-13-29-49(45)55(50)41-21-5-2-6-22-41/h1-36H. The van der Waals surface area contributed by atoms with Crippen molar-refractivity contribution in [3.63, 3.8) is 0 Å². The Balaban J connectivity index is 1.21. The lowest BCUT2D eigenvalue weighted by atomic mass is 9.95. The third kappa shape index (κ3) is 5.63. The zero-order chi connectivity index (χ0) is 37.7. The summed E-state index contributed by atoms with van der Waals surface area (Å²) in [5, 5.41) is 5.01. The second-order valence-electron chi connectivity index (χ2n) is 14.5. The van der Waals surface area contributed by atoms with Crippen LogP contribution in [-0.4, -0.2) is 4.57 Å². The van der Waals surface area contributed by atoms with E-state index in [4.69, 9.17) is 0 Å². The second kappa shape index (κ2) is 13.8. The monoisotopic (exact) mass is 744 g/mol. The molecule has 9 aromatic carbocycles. The van der Waals surface area contributed by atoms with E-state index in [0.29, 0.717) is 0 Å². The summed E-state index contributed by atoms with van der Waals surface area (Å²) in [5.74, 6) is 0. The van der Waals surface area contributed by atoms with E-state index in [1.54, 1.807) is 0 Å². The number of hydrogen-bond acceptors (Lipinski definition) is 2. The second-order valence-corrected chi connectivity index (χ2v) is 15.6. The molecule has 0 aliphatic heterocycles. The molecule has 3 heteroatoms. The molecule has 0 aliphatic rings. The van der Waals surface area contributed by atoms with Crippen LogP contribution in [0.3, 0.4) is 0 Å². The summed E-state index contributed by atoms with van der Waals surface area (Å²) < 4.78 is 5.02. The van der Waals surface area contributed by atoms with Crippen molar-refractivity contribution in [1.29, 1.82) is 0 Å². The van der Waals surface area contributed by atoms with Crippen LogP contribution in [0.1, 0.15) is 0 Å². The minimum atomic E-state index is 1.11. The third-order valence-electron chi connectivity index (χ3n) is 11.2. The van der Waals surface area contributed by atoms with Gasteiger partial charge in [0.1, 0.15) is 0 Å². The van der Waals surface area contributed by atoms with Crippen molar-refractivity contribution in [3.05, 3.63) is 218 Å². The zero-order valence-corrected chi connectivity index (χ0v) is 31.9. The summed E-state index contributed by atoms with van der Waals surface area (Å²) in [4.78, 5) is 2.51. The van der Waals surface area contributed by atoms with Gasteiger partial charge < -0.3 is 9.47 Å². The summed E-state index contributed by atoms with van der Waals surface area (Å²) >= 11 is 1.86. The number of aromatic nitrogens is 1. The van der Waals surface area contributed by atoms with E-state index >= 15 is 0 Å². The normalized spacial score (nSPS) is 11.5. The van der Waals surface area contributed by atoms with Gasteiger partial charge in [0.05, 0.1) is 28.1 Å². The van der Waals surface area contributed by atoms with E-state index in [1.165, 1.54) is 64.3 Å². The lowest BCUT2D eigenvalue weighted by Crippen LogP contribution is -2.13. The molecule has 0 N–H and O–H groups in total. The Morgan fingerprint density at radius 2 is 0.877 bits per heavy atom. The fourth-order valence-electron chi connectivity index (χ4n) is 8.65. The van der Waals surface area contributed by atoms with Crippen LogP contribution in [-0.2, 0) is 0 Å². The minimum Gasteiger partial charge on any atom is -0.309 e. The number of rotatable bonds is 7. The fourth-order valence-corrected chi connectivity index (χ4v) is 9.73. The molecule has 57 heavy (non-hydrogen) atoms. The van der Waals surface area contributed by atoms with Gasteiger partial charge in [-0.05, 0) is 89.0 Å². The molecular formula is C54H36N2S. The van der Waals surface area contributed by atoms with Crippen LogP contribution in [0.2, 0.25) is 0 Å². The smallest absolute Gasteiger partial charge is 0.0562 e. The Bertz CT molecular complexity index is 3250. The number of thiophene rings is 1. The van der Waals surface area contributed by atoms with Gasteiger partial charge in [0.2, 0.25) is 0 Å². The van der Waals surface area contributed by atoms with Gasteiger partial charge in [-0.2, -0.15) is 0 Å². The lowest BCUT2D eigenvalue weighted by Gasteiger charge is -2.30. The van der Waals surface area contributed by atoms with Gasteiger partial charge in [0.25, 0.3) is 0 Å². The molecule has 0 fully saturated rings. The van der Waals surface area contributed by atoms with E-state index in [1.807, 2.05) is 11.3 Å². The summed E-state index contributed by atoms with van der Waals surface area (Å²) in [7, 11) is 0. The number of nitrogens with zero attached hydrogens (tertiary/aromatic N) is 2. The molecule has 0 spiro atoms. The van der Waals surface area contributed by atoms with Crippen LogP contribution in [0.4, 0.5) is 17.1 Å². The molecule has 0 amide bonds. The van der Waals surface area contributed by atoms with Crippen molar-refractivity contribution in [1.82, 2.24) is 4.57 Å². The molecule has 11 rings (SSSR count). The van der Waals surface area contributed by atoms with Crippen molar-refractivity contribution in [2.24, 2.45) is 0 Å². The van der Waals surface area contributed by atoms with Crippen molar-refractivity contribution >= 4 is 70.4 Å². The number of para-hydroxylation sites is 4. The molecule has 0 radical (unpaired) electrons. The quantitative estimate of drug-likeness (QED) is 0.158. The van der Waals surface area contributed by atoms with Crippen LogP contribution in [0.5, 0.6) is 0 Å². The molecule has 0 bridgehead atoms. The molecule has 0 saturated heterocycles. The molecule has 11 aromatic rings. The first-order chi connectivity index (χ1) is 28.3. The number of anilines is 3. The maximum Gasteiger partial charge on any atom is 0.0562 e. The molecule has 2 aromatic heterocycles. The molecular weight excluding hydrogens is 709 g/mol. The number of hydrogen-bond donors (Lipinski definition) is 0. The van der Waals surface area contributed by atoms with Gasteiger partial charge in [0.15, 0.2) is 0 Å². The van der Waals surface area contributed by atoms with Gasteiger partial charge in [-0.15, -0.1) is 11.3 Å². The Kier molecular flexibility index (Phi) is 8.04. The minimum absolute atomic E-state index is 1.11. The maximum absolute atomic E-state index is 2.51. The van der Waals surface area contributed by atoms with Gasteiger partial charge >= 0.3 is 0 Å². The Hall–Kier alpha value is -7.20. The molecule has 0 saturated carbocycles. The largest absolute Gasteiger partial charge is 0.309 e. The Labute approximate surface area is 335 Å². The first-order valence-electron chi connectivity index (χ1n) is 19.4. The maximum atomic E-state index is 2.51. The fraction of sp³-hybridized carbons (Fsp3) is 0. The third-order valence-corrected chi connectivity index (χ3v) is 12.3. The predicted octanol–water partition coefficient (Wildman–Crippen LogP) is 15.6.